The zero-order chi connectivity index (χ0) is 16.7. The van der Waals surface area contributed by atoms with E-state index >= 15 is 0 Å². The number of carboxylic acids is 2. The van der Waals surface area contributed by atoms with E-state index < -0.39 is 17.0 Å². The van der Waals surface area contributed by atoms with Gasteiger partial charge in [-0.3, -0.25) is 4.79 Å². The van der Waals surface area contributed by atoms with Gasteiger partial charge in [-0.1, -0.05) is 0 Å². The van der Waals surface area contributed by atoms with Gasteiger partial charge >= 0.3 is 11.9 Å². The molecule has 11 heteroatoms. The number of nitrogens with two attached hydrogens (primary N) is 1. The molecule has 11 nitrogen and oxygen atoms in total. The number of carbonyl (C=O) groups is 3. The average molecular weight is 307 g/mol. The van der Waals surface area contributed by atoms with Crippen molar-refractivity contribution in [1.82, 2.24) is 5.32 Å². The number of aliphatic carboxylic acids is 2. The molecule has 0 radical (unpaired) electrons. The van der Waals surface area contributed by atoms with Crippen LogP contribution in [0.25, 0.3) is 0 Å². The molecule has 0 spiro atoms. The molecule has 21 heavy (non-hydrogen) atoms. The van der Waals surface area contributed by atoms with Gasteiger partial charge in [-0.05, 0) is 6.42 Å². The highest BCUT2D eigenvalue weighted by Gasteiger charge is 1.98. The van der Waals surface area contributed by atoms with Gasteiger partial charge in [0.25, 0.3) is 5.09 Å². The van der Waals surface area contributed by atoms with E-state index in [1.165, 1.54) is 0 Å². The number of carbonyl (C=O) groups excluding carboxylic acids is 1. The molecule has 0 atom stereocenters. The first-order valence-electron chi connectivity index (χ1n) is 5.67. The summed E-state index contributed by atoms with van der Waals surface area (Å²) in [5.41, 5.74) is 5.12. The van der Waals surface area contributed by atoms with Gasteiger partial charge in [0.05, 0.1) is 6.61 Å². The summed E-state index contributed by atoms with van der Waals surface area (Å²) in [6.07, 6.45) is 1.80. The number of nitrogens with zero attached hydrogens (tertiary/aromatic N) is 1. The van der Waals surface area contributed by atoms with Crippen molar-refractivity contribution in [2.45, 2.75) is 12.8 Å². The summed E-state index contributed by atoms with van der Waals surface area (Å²) in [6.45, 7) is 0.666. The van der Waals surface area contributed by atoms with Crippen LogP contribution in [0.2, 0.25) is 0 Å². The van der Waals surface area contributed by atoms with Crippen LogP contribution in [0, 0.1) is 10.1 Å². The topological polar surface area (TPSA) is 182 Å². The molecule has 0 aromatic rings. The van der Waals surface area contributed by atoms with Crippen molar-refractivity contribution in [3.05, 3.63) is 22.3 Å². The first-order valence-corrected chi connectivity index (χ1v) is 5.67. The van der Waals surface area contributed by atoms with Gasteiger partial charge in [0, 0.05) is 31.7 Å². The van der Waals surface area contributed by atoms with E-state index in [-0.39, 0.29) is 18.9 Å². The normalized spacial score (nSPS) is 9.38. The lowest BCUT2D eigenvalue weighted by Crippen LogP contribution is -2.27. The van der Waals surface area contributed by atoms with Gasteiger partial charge in [0.1, 0.15) is 0 Å². The minimum atomic E-state index is -1.26. The Bertz CT molecular complexity index is 366. The van der Waals surface area contributed by atoms with Gasteiger partial charge < -0.3 is 26.1 Å². The van der Waals surface area contributed by atoms with Crippen LogP contribution in [0.4, 0.5) is 0 Å². The lowest BCUT2D eigenvalue weighted by Gasteiger charge is -2.02. The molecule has 0 aliphatic carbocycles. The molecule has 0 aromatic heterocycles. The maximum atomic E-state index is 10.8. The van der Waals surface area contributed by atoms with Crippen molar-refractivity contribution in [2.24, 2.45) is 5.73 Å². The zero-order valence-electron chi connectivity index (χ0n) is 11.1. The van der Waals surface area contributed by atoms with E-state index in [9.17, 15) is 24.5 Å². The van der Waals surface area contributed by atoms with Crippen molar-refractivity contribution in [1.29, 1.82) is 0 Å². The molecule has 120 valence electrons. The first kappa shape index (κ1) is 20.6. The number of carboxylic acid groups (broad SMARTS) is 2. The number of amides is 1. The highest BCUT2D eigenvalue weighted by atomic mass is 16.9. The monoisotopic (exact) mass is 307 g/mol. The Morgan fingerprint density at radius 2 is 1.76 bits per heavy atom. The second kappa shape index (κ2) is 13.7. The lowest BCUT2D eigenvalue weighted by atomic mass is 10.4. The third kappa shape index (κ3) is 22.9. The Balaban J connectivity index is 0. The van der Waals surface area contributed by atoms with Crippen LogP contribution in [-0.4, -0.2) is 52.8 Å². The molecular weight excluding hydrogens is 290 g/mol. The van der Waals surface area contributed by atoms with Crippen molar-refractivity contribution in [3.8, 4) is 0 Å². The smallest absolute Gasteiger partial charge is 0.328 e. The molecule has 0 rings (SSSR count). The highest BCUT2D eigenvalue weighted by molar-refractivity contribution is 5.89. The fourth-order valence-corrected chi connectivity index (χ4v) is 0.801. The van der Waals surface area contributed by atoms with E-state index in [2.05, 4.69) is 10.2 Å². The molecule has 0 aromatic carbocycles. The van der Waals surface area contributed by atoms with Crippen LogP contribution in [-0.2, 0) is 19.2 Å². The molecule has 5 N–H and O–H groups in total. The second-order valence-electron chi connectivity index (χ2n) is 3.31. The third-order valence-electron chi connectivity index (χ3n) is 1.58. The first-order chi connectivity index (χ1) is 9.79. The number of nitrogens with one attached hydrogen (secondary N) is 1. The van der Waals surface area contributed by atoms with Gasteiger partial charge in [-0.2, -0.15) is 0 Å². The fourth-order valence-electron chi connectivity index (χ4n) is 0.801. The summed E-state index contributed by atoms with van der Waals surface area (Å²) in [5, 5.41) is 27.0. The van der Waals surface area contributed by atoms with E-state index in [1.54, 1.807) is 0 Å². The molecule has 0 heterocycles. The molecular formula is C10H17N3O8. The van der Waals surface area contributed by atoms with E-state index in [0.29, 0.717) is 31.7 Å². The highest BCUT2D eigenvalue weighted by Crippen LogP contribution is 1.82. The number of hydrogen-bond donors (Lipinski definition) is 4. The molecule has 0 saturated heterocycles. The van der Waals surface area contributed by atoms with Gasteiger partial charge in [-0.15, -0.1) is 10.1 Å². The predicted octanol–water partition coefficient (Wildman–Crippen LogP) is -1.24. The van der Waals surface area contributed by atoms with Crippen molar-refractivity contribution in [2.75, 3.05) is 19.7 Å². The van der Waals surface area contributed by atoms with Crippen LogP contribution >= 0.6 is 0 Å². The largest absolute Gasteiger partial charge is 0.478 e. The number of rotatable bonds is 9. The number of hydrogen-bond acceptors (Lipinski definition) is 7. The predicted molar refractivity (Wildman–Crippen MR) is 68.7 cm³/mol. The van der Waals surface area contributed by atoms with Crippen molar-refractivity contribution >= 4 is 17.8 Å². The van der Waals surface area contributed by atoms with Gasteiger partial charge in [0.2, 0.25) is 5.91 Å². The SMILES string of the molecule is NCCC(=O)NCCCO[N+](=O)[O-].O=C(O)C=CC(=O)O. The van der Waals surface area contributed by atoms with E-state index in [4.69, 9.17) is 15.9 Å². The fraction of sp³-hybridized carbons (Fsp3) is 0.500. The maximum absolute atomic E-state index is 10.8. The minimum absolute atomic E-state index is 0.00406. The summed E-state index contributed by atoms with van der Waals surface area (Å²) in [5.74, 6) is -2.66. The van der Waals surface area contributed by atoms with Crippen molar-refractivity contribution < 1.29 is 34.5 Å². The molecule has 0 unspecified atom stereocenters. The summed E-state index contributed by atoms with van der Waals surface area (Å²) in [6, 6.07) is 0. The molecule has 1 amide bonds. The summed E-state index contributed by atoms with van der Waals surface area (Å²) in [7, 11) is 0. The minimum Gasteiger partial charge on any atom is -0.478 e. The lowest BCUT2D eigenvalue weighted by molar-refractivity contribution is -0.757. The van der Waals surface area contributed by atoms with Crippen LogP contribution in [0.15, 0.2) is 12.2 Å². The van der Waals surface area contributed by atoms with E-state index in [0.717, 1.165) is 0 Å². The van der Waals surface area contributed by atoms with Crippen molar-refractivity contribution in [3.63, 3.8) is 0 Å². The quantitative estimate of drug-likeness (QED) is 0.175. The molecule has 0 saturated carbocycles. The third-order valence-corrected chi connectivity index (χ3v) is 1.58. The Morgan fingerprint density at radius 3 is 2.14 bits per heavy atom. The van der Waals surface area contributed by atoms with Crippen LogP contribution in [0.5, 0.6) is 0 Å². The molecule has 0 bridgehead atoms. The van der Waals surface area contributed by atoms with Crippen LogP contribution in [0.1, 0.15) is 12.8 Å². The maximum Gasteiger partial charge on any atom is 0.328 e. The Kier molecular flexibility index (Phi) is 13.5. The summed E-state index contributed by atoms with van der Waals surface area (Å²) in [4.78, 5) is 43.6. The summed E-state index contributed by atoms with van der Waals surface area (Å²) >= 11 is 0. The molecule has 0 aliphatic rings. The molecule has 0 fully saturated rings. The Morgan fingerprint density at radius 1 is 1.24 bits per heavy atom. The zero-order valence-corrected chi connectivity index (χ0v) is 11.1. The standard InChI is InChI=1S/C6H13N3O4.C4H4O4/c7-3-2-6(10)8-4-1-5-13-9(11)12;5-3(6)1-2-4(7)8/h1-5,7H2,(H,8,10);1-2H,(H,5,6)(H,7,8). The van der Waals surface area contributed by atoms with Gasteiger partial charge in [0.15, 0.2) is 0 Å². The van der Waals surface area contributed by atoms with E-state index in [1.807, 2.05) is 0 Å². The Labute approximate surface area is 119 Å². The van der Waals surface area contributed by atoms with Crippen LogP contribution < -0.4 is 11.1 Å². The summed E-state index contributed by atoms with van der Waals surface area (Å²) < 4.78 is 0. The Hall–Kier alpha value is -2.69. The van der Waals surface area contributed by atoms with Gasteiger partial charge in [-0.25, -0.2) is 9.59 Å². The second-order valence-corrected chi connectivity index (χ2v) is 3.31. The van der Waals surface area contributed by atoms with Crippen LogP contribution in [0.3, 0.4) is 0 Å². The molecule has 0 aliphatic heterocycles. The average Bonchev–Trinajstić information content (AvgIpc) is 2.36.